The lowest BCUT2D eigenvalue weighted by molar-refractivity contribution is 0.361. The van der Waals surface area contributed by atoms with Crippen LogP contribution in [-0.4, -0.2) is 0 Å². The van der Waals surface area contributed by atoms with Gasteiger partial charge in [0.1, 0.15) is 0 Å². The summed E-state index contributed by atoms with van der Waals surface area (Å²) in [5.41, 5.74) is 0. The van der Waals surface area contributed by atoms with Crippen molar-refractivity contribution in [3.63, 3.8) is 0 Å². The third kappa shape index (κ3) is 0.879. The molecule has 61 valence electrons. The van der Waals surface area contributed by atoms with E-state index in [0.717, 1.165) is 12.1 Å². The largest absolute Gasteiger partial charge is 0.427 e. The molecule has 2 rings (SSSR count). The van der Waals surface area contributed by atoms with Crippen molar-refractivity contribution in [3.05, 3.63) is 36.0 Å². The normalized spacial score (nSPS) is 10.9. The molecule has 0 amide bonds. The van der Waals surface area contributed by atoms with Crippen LogP contribution in [0.15, 0.2) is 16.5 Å². The number of hydrogen-bond donors (Lipinski definition) is 0. The third-order valence-electron chi connectivity index (χ3n) is 1.52. The average molecular weight is 171 g/mol. The quantitative estimate of drug-likeness (QED) is 0.593. The molecule has 0 fully saturated rings. The van der Waals surface area contributed by atoms with E-state index in [4.69, 9.17) is 0 Å². The summed E-state index contributed by atoms with van der Waals surface area (Å²) >= 11 is 0. The maximum atomic E-state index is 12.6. The van der Waals surface area contributed by atoms with Crippen LogP contribution in [0, 0.1) is 23.9 Å². The topological polar surface area (TPSA) is 13.1 Å². The molecule has 0 spiro atoms. The van der Waals surface area contributed by atoms with Crippen molar-refractivity contribution in [1.29, 1.82) is 0 Å². The molecule has 1 radical (unpaired) electrons. The lowest BCUT2D eigenvalue weighted by Crippen LogP contribution is -1.82. The fourth-order valence-corrected chi connectivity index (χ4v) is 0.949. The van der Waals surface area contributed by atoms with E-state index in [2.05, 4.69) is 10.7 Å². The van der Waals surface area contributed by atoms with Crippen molar-refractivity contribution in [2.45, 2.75) is 0 Å². The highest BCUT2D eigenvalue weighted by molar-refractivity contribution is 5.81. The van der Waals surface area contributed by atoms with Crippen LogP contribution in [0.4, 0.5) is 13.2 Å². The maximum Gasteiger partial charge on any atom is 0.286 e. The van der Waals surface area contributed by atoms with Gasteiger partial charge in [-0.3, -0.25) is 0 Å². The van der Waals surface area contributed by atoms with Crippen LogP contribution in [0.2, 0.25) is 0 Å². The molecule has 12 heavy (non-hydrogen) atoms. The zero-order valence-electron chi connectivity index (χ0n) is 5.70. The van der Waals surface area contributed by atoms with Gasteiger partial charge in [0.15, 0.2) is 17.9 Å². The molecule has 1 aromatic heterocycles. The predicted molar refractivity (Wildman–Crippen MR) is 34.9 cm³/mol. The first-order valence-corrected chi connectivity index (χ1v) is 3.13. The number of furan rings is 1. The molecule has 0 aliphatic rings. The van der Waals surface area contributed by atoms with Gasteiger partial charge >= 0.3 is 0 Å². The van der Waals surface area contributed by atoms with Gasteiger partial charge in [-0.15, -0.1) is 0 Å². The summed E-state index contributed by atoms with van der Waals surface area (Å²) in [6, 6.07) is 0.612. The molecule has 0 saturated carbocycles. The smallest absolute Gasteiger partial charge is 0.286 e. The van der Waals surface area contributed by atoms with E-state index in [1.165, 1.54) is 0 Å². The highest BCUT2D eigenvalue weighted by Crippen LogP contribution is 2.21. The van der Waals surface area contributed by atoms with Crippen LogP contribution in [0.5, 0.6) is 0 Å². The van der Waals surface area contributed by atoms with Crippen LogP contribution in [0.3, 0.4) is 0 Å². The second kappa shape index (κ2) is 2.27. The van der Waals surface area contributed by atoms with E-state index >= 15 is 0 Å². The van der Waals surface area contributed by atoms with Gasteiger partial charge in [-0.25, -0.2) is 8.78 Å². The molecule has 1 nitrogen and oxygen atoms in total. The summed E-state index contributed by atoms with van der Waals surface area (Å²) in [5.74, 6) is -2.14. The van der Waals surface area contributed by atoms with E-state index in [9.17, 15) is 13.2 Å². The molecule has 0 aliphatic carbocycles. The molecule has 0 N–H and O–H groups in total. The van der Waals surface area contributed by atoms with Gasteiger partial charge in [0, 0.05) is 5.39 Å². The molecule has 0 atom stereocenters. The maximum absolute atomic E-state index is 12.6. The highest BCUT2D eigenvalue weighted by atomic mass is 19.2. The minimum atomic E-state index is -1.10. The van der Waals surface area contributed by atoms with Crippen LogP contribution < -0.4 is 0 Å². The Balaban J connectivity index is 2.87. The monoisotopic (exact) mass is 171 g/mol. The summed E-state index contributed by atoms with van der Waals surface area (Å²) < 4.78 is 41.8. The second-order valence-electron chi connectivity index (χ2n) is 2.29. The molecule has 0 bridgehead atoms. The lowest BCUT2D eigenvalue weighted by Gasteiger charge is -1.90. The SMILES string of the molecule is Fc1cc2[c]oc(F)c2cc1F. The van der Waals surface area contributed by atoms with E-state index in [1.807, 2.05) is 0 Å². The molecule has 2 aromatic rings. The van der Waals surface area contributed by atoms with E-state index in [0.29, 0.717) is 0 Å². The Morgan fingerprint density at radius 2 is 1.75 bits per heavy atom. The van der Waals surface area contributed by atoms with Gasteiger partial charge in [0.25, 0.3) is 6.01 Å². The Hall–Kier alpha value is -1.45. The zero-order valence-corrected chi connectivity index (χ0v) is 5.70. The van der Waals surface area contributed by atoms with Crippen LogP contribution in [0.1, 0.15) is 0 Å². The minimum absolute atomic E-state index is 0.0893. The van der Waals surface area contributed by atoms with Crippen molar-refractivity contribution >= 4 is 10.8 Å². The number of rotatable bonds is 0. The van der Waals surface area contributed by atoms with Gasteiger partial charge < -0.3 is 4.42 Å². The summed E-state index contributed by atoms with van der Waals surface area (Å²) in [5, 5.41) is -0.0136. The first kappa shape index (κ1) is 7.21. The van der Waals surface area contributed by atoms with E-state index in [1.54, 1.807) is 0 Å². The van der Waals surface area contributed by atoms with Crippen LogP contribution >= 0.6 is 0 Å². The van der Waals surface area contributed by atoms with Gasteiger partial charge in [0.05, 0.1) is 5.39 Å². The summed E-state index contributed by atoms with van der Waals surface area (Å²) in [6.07, 6.45) is 2.10. The lowest BCUT2D eigenvalue weighted by atomic mass is 10.2. The van der Waals surface area contributed by atoms with Crippen molar-refractivity contribution in [2.75, 3.05) is 0 Å². The average Bonchev–Trinajstić information content (AvgIpc) is 2.35. The molecule has 1 heterocycles. The van der Waals surface area contributed by atoms with E-state index in [-0.39, 0.29) is 10.8 Å². The van der Waals surface area contributed by atoms with Crippen molar-refractivity contribution in [1.82, 2.24) is 0 Å². The Bertz CT molecular complexity index is 433. The third-order valence-corrected chi connectivity index (χ3v) is 1.52. The summed E-state index contributed by atoms with van der Waals surface area (Å²) in [4.78, 5) is 0. The molecular formula is C8H2F3O. The first-order chi connectivity index (χ1) is 5.68. The Labute approximate surface area is 65.4 Å². The van der Waals surface area contributed by atoms with Gasteiger partial charge in [-0.2, -0.15) is 4.39 Å². The molecule has 4 heteroatoms. The molecule has 0 aliphatic heterocycles. The second-order valence-corrected chi connectivity index (χ2v) is 2.29. The molecule has 1 aromatic carbocycles. The summed E-state index contributed by atoms with van der Waals surface area (Å²) in [7, 11) is 0. The van der Waals surface area contributed by atoms with Crippen molar-refractivity contribution in [2.24, 2.45) is 0 Å². The Morgan fingerprint density at radius 1 is 1.08 bits per heavy atom. The fraction of sp³-hybridized carbons (Fsp3) is 0. The van der Waals surface area contributed by atoms with Gasteiger partial charge in [-0.05, 0) is 12.1 Å². The highest BCUT2D eigenvalue weighted by Gasteiger charge is 2.10. The number of fused-ring (bicyclic) bond motifs is 1. The van der Waals surface area contributed by atoms with Crippen molar-refractivity contribution < 1.29 is 17.6 Å². The number of hydrogen-bond acceptors (Lipinski definition) is 1. The van der Waals surface area contributed by atoms with Gasteiger partial charge in [0.2, 0.25) is 0 Å². The van der Waals surface area contributed by atoms with Crippen molar-refractivity contribution in [3.8, 4) is 0 Å². The van der Waals surface area contributed by atoms with Crippen LogP contribution in [0.25, 0.3) is 10.8 Å². The predicted octanol–water partition coefficient (Wildman–Crippen LogP) is 2.65. The molecule has 0 unspecified atom stereocenters. The minimum Gasteiger partial charge on any atom is -0.427 e. The van der Waals surface area contributed by atoms with E-state index < -0.39 is 17.6 Å². The standard InChI is InChI=1S/C8H2F3O/c9-6-1-4-3-12-8(11)5(4)2-7(6)10/h1-2H. The molecular weight excluding hydrogens is 169 g/mol. The van der Waals surface area contributed by atoms with Gasteiger partial charge in [-0.1, -0.05) is 0 Å². The number of benzene rings is 1. The zero-order chi connectivity index (χ0) is 8.72. The van der Waals surface area contributed by atoms with Crippen LogP contribution in [-0.2, 0) is 0 Å². The molecule has 0 saturated heterocycles. The fourth-order valence-electron chi connectivity index (χ4n) is 0.949. The summed E-state index contributed by atoms with van der Waals surface area (Å²) in [6.45, 7) is 0. The Morgan fingerprint density at radius 3 is 2.50 bits per heavy atom. The first-order valence-electron chi connectivity index (χ1n) is 3.13. The Kier molecular flexibility index (Phi) is 1.36. The number of halogens is 3.